The first-order valence-electron chi connectivity index (χ1n) is 4.03. The first-order chi connectivity index (χ1) is 6.18. The number of allylic oxidation sites excluding steroid dienone is 1. The number of fused-ring (bicyclic) bond motifs is 1. The predicted molar refractivity (Wildman–Crippen MR) is 58.5 cm³/mol. The number of hydrogen-bond donors (Lipinski definition) is 2. The van der Waals surface area contributed by atoms with Gasteiger partial charge in [0, 0.05) is 11.0 Å². The summed E-state index contributed by atoms with van der Waals surface area (Å²) in [4.78, 5) is 4.35. The zero-order chi connectivity index (χ0) is 9.42. The summed E-state index contributed by atoms with van der Waals surface area (Å²) in [6, 6.07) is 0. The van der Waals surface area contributed by atoms with Gasteiger partial charge in [-0.3, -0.25) is 0 Å². The number of pyridine rings is 1. The second kappa shape index (κ2) is 3.03. The fourth-order valence-corrected chi connectivity index (χ4v) is 1.92. The average molecular weight is 240 g/mol. The second-order valence-corrected chi connectivity index (χ2v) is 4.25. The molecule has 4 heteroatoms. The highest BCUT2D eigenvalue weighted by Gasteiger charge is 2.15. The number of rotatable bonds is 0. The van der Waals surface area contributed by atoms with Crippen LogP contribution in [0.15, 0.2) is 12.3 Å². The molecule has 1 aromatic rings. The number of nitrogens with two attached hydrogens (primary N) is 2. The van der Waals surface area contributed by atoms with Crippen molar-refractivity contribution in [1.82, 2.24) is 4.98 Å². The molecule has 1 aromatic heterocycles. The van der Waals surface area contributed by atoms with Crippen LogP contribution in [0.3, 0.4) is 0 Å². The Morgan fingerprint density at radius 1 is 1.46 bits per heavy atom. The average Bonchev–Trinajstić information content (AvgIpc) is 2.12. The van der Waals surface area contributed by atoms with Gasteiger partial charge in [0.1, 0.15) is 5.82 Å². The molecule has 3 nitrogen and oxygen atoms in total. The second-order valence-electron chi connectivity index (χ2n) is 3.07. The highest BCUT2D eigenvalue weighted by Crippen LogP contribution is 2.29. The predicted octanol–water partition coefficient (Wildman–Crippen LogP) is 1.58. The van der Waals surface area contributed by atoms with Crippen LogP contribution in [0.4, 0.5) is 11.5 Å². The third-order valence-electron chi connectivity index (χ3n) is 2.18. The third kappa shape index (κ3) is 1.42. The quantitative estimate of drug-likeness (QED) is 0.676. The molecule has 0 aromatic carbocycles. The van der Waals surface area contributed by atoms with E-state index in [1.165, 1.54) is 0 Å². The fourth-order valence-electron chi connectivity index (χ4n) is 1.44. The van der Waals surface area contributed by atoms with E-state index in [1.807, 2.05) is 6.08 Å². The zero-order valence-corrected chi connectivity index (χ0v) is 8.58. The van der Waals surface area contributed by atoms with Gasteiger partial charge in [-0.15, -0.1) is 0 Å². The summed E-state index contributed by atoms with van der Waals surface area (Å²) >= 11 is 3.51. The van der Waals surface area contributed by atoms with Crippen molar-refractivity contribution in [3.63, 3.8) is 0 Å². The lowest BCUT2D eigenvalue weighted by Crippen LogP contribution is -2.11. The standard InChI is InChI=1S/C9H10BrN3/c10-6-2-1-5-4-13-9(12)8(11)7(5)3-6/h1-2,4,6H,3,11H2,(H2,12,13). The van der Waals surface area contributed by atoms with E-state index < -0.39 is 0 Å². The summed E-state index contributed by atoms with van der Waals surface area (Å²) in [6.07, 6.45) is 6.74. The van der Waals surface area contributed by atoms with E-state index in [9.17, 15) is 0 Å². The number of halogens is 1. The summed E-state index contributed by atoms with van der Waals surface area (Å²) in [5.41, 5.74) is 14.2. The van der Waals surface area contributed by atoms with E-state index >= 15 is 0 Å². The normalized spacial score (nSPS) is 19.9. The molecule has 0 radical (unpaired) electrons. The maximum Gasteiger partial charge on any atom is 0.146 e. The molecule has 2 rings (SSSR count). The van der Waals surface area contributed by atoms with Gasteiger partial charge >= 0.3 is 0 Å². The van der Waals surface area contributed by atoms with Crippen LogP contribution < -0.4 is 11.5 Å². The molecule has 13 heavy (non-hydrogen) atoms. The van der Waals surface area contributed by atoms with Crippen molar-refractivity contribution in [3.05, 3.63) is 23.4 Å². The van der Waals surface area contributed by atoms with E-state index in [0.29, 0.717) is 16.3 Å². The van der Waals surface area contributed by atoms with Crippen LogP contribution in [0.1, 0.15) is 11.1 Å². The largest absolute Gasteiger partial charge is 0.396 e. The number of nitrogens with zero attached hydrogens (tertiary/aromatic N) is 1. The minimum Gasteiger partial charge on any atom is -0.396 e. The molecular weight excluding hydrogens is 230 g/mol. The molecule has 0 spiro atoms. The van der Waals surface area contributed by atoms with E-state index in [2.05, 4.69) is 27.0 Å². The molecule has 0 fully saturated rings. The maximum atomic E-state index is 5.82. The topological polar surface area (TPSA) is 64.9 Å². The molecule has 1 heterocycles. The van der Waals surface area contributed by atoms with Crippen LogP contribution in [-0.2, 0) is 6.42 Å². The van der Waals surface area contributed by atoms with Crippen molar-refractivity contribution in [1.29, 1.82) is 0 Å². The van der Waals surface area contributed by atoms with Gasteiger partial charge in [-0.2, -0.15) is 0 Å². The van der Waals surface area contributed by atoms with Crippen molar-refractivity contribution in [2.45, 2.75) is 11.2 Å². The molecule has 68 valence electrons. The Labute approximate surface area is 85.0 Å². The van der Waals surface area contributed by atoms with Crippen LogP contribution in [0, 0.1) is 0 Å². The number of anilines is 2. The number of alkyl halides is 1. The van der Waals surface area contributed by atoms with Gasteiger partial charge in [0.25, 0.3) is 0 Å². The Bertz CT molecular complexity index is 373. The summed E-state index contributed by atoms with van der Waals surface area (Å²) in [7, 11) is 0. The molecule has 1 unspecified atom stereocenters. The molecular formula is C9H10BrN3. The van der Waals surface area contributed by atoms with Crippen molar-refractivity contribution in [3.8, 4) is 0 Å². The number of hydrogen-bond acceptors (Lipinski definition) is 3. The SMILES string of the molecule is Nc1ncc2c(c1N)CC(Br)C=C2. The fraction of sp³-hybridized carbons (Fsp3) is 0.222. The minimum atomic E-state index is 0.351. The smallest absolute Gasteiger partial charge is 0.146 e. The highest BCUT2D eigenvalue weighted by molar-refractivity contribution is 9.09. The van der Waals surface area contributed by atoms with Crippen LogP contribution in [0.5, 0.6) is 0 Å². The molecule has 1 aliphatic carbocycles. The van der Waals surface area contributed by atoms with E-state index in [1.54, 1.807) is 6.20 Å². The van der Waals surface area contributed by atoms with Crippen molar-refractivity contribution >= 4 is 33.5 Å². The van der Waals surface area contributed by atoms with Gasteiger partial charge in [0.15, 0.2) is 0 Å². The monoisotopic (exact) mass is 239 g/mol. The van der Waals surface area contributed by atoms with Gasteiger partial charge < -0.3 is 11.5 Å². The molecule has 1 aliphatic rings. The Morgan fingerprint density at radius 2 is 2.23 bits per heavy atom. The molecule has 0 bridgehead atoms. The first-order valence-corrected chi connectivity index (χ1v) is 4.95. The Balaban J connectivity index is 2.57. The summed E-state index contributed by atoms with van der Waals surface area (Å²) < 4.78 is 0. The summed E-state index contributed by atoms with van der Waals surface area (Å²) in [5, 5.41) is 0. The van der Waals surface area contributed by atoms with E-state index in [0.717, 1.165) is 17.5 Å². The molecule has 1 atom stereocenters. The highest BCUT2D eigenvalue weighted by atomic mass is 79.9. The maximum absolute atomic E-state index is 5.82. The number of nitrogen functional groups attached to an aromatic ring is 2. The Hall–Kier alpha value is -1.03. The Kier molecular flexibility index (Phi) is 2.00. The lowest BCUT2D eigenvalue weighted by Gasteiger charge is -2.16. The van der Waals surface area contributed by atoms with Crippen LogP contribution in [-0.4, -0.2) is 9.81 Å². The molecule has 0 saturated carbocycles. The number of aromatic nitrogens is 1. The van der Waals surface area contributed by atoms with Crippen LogP contribution in [0.2, 0.25) is 0 Å². The van der Waals surface area contributed by atoms with Gasteiger partial charge in [-0.05, 0) is 17.5 Å². The van der Waals surface area contributed by atoms with Crippen molar-refractivity contribution < 1.29 is 0 Å². The molecule has 0 saturated heterocycles. The molecule has 0 aliphatic heterocycles. The minimum absolute atomic E-state index is 0.351. The van der Waals surface area contributed by atoms with E-state index in [4.69, 9.17) is 11.5 Å². The van der Waals surface area contributed by atoms with Crippen molar-refractivity contribution in [2.75, 3.05) is 11.5 Å². The zero-order valence-electron chi connectivity index (χ0n) is 7.00. The van der Waals surface area contributed by atoms with Crippen LogP contribution >= 0.6 is 15.9 Å². The summed E-state index contributed by atoms with van der Waals surface area (Å²) in [6.45, 7) is 0. The van der Waals surface area contributed by atoms with Crippen molar-refractivity contribution in [2.24, 2.45) is 0 Å². The van der Waals surface area contributed by atoms with Crippen LogP contribution in [0.25, 0.3) is 6.08 Å². The first kappa shape index (κ1) is 8.56. The van der Waals surface area contributed by atoms with E-state index in [-0.39, 0.29) is 0 Å². The third-order valence-corrected chi connectivity index (χ3v) is 2.80. The lowest BCUT2D eigenvalue weighted by atomic mass is 9.98. The molecule has 0 amide bonds. The Morgan fingerprint density at radius 3 is 3.00 bits per heavy atom. The summed E-state index contributed by atoms with van der Waals surface area (Å²) in [5.74, 6) is 0.425. The van der Waals surface area contributed by atoms with Gasteiger partial charge in [-0.25, -0.2) is 4.98 Å². The lowest BCUT2D eigenvalue weighted by molar-refractivity contribution is 1.01. The van der Waals surface area contributed by atoms with Gasteiger partial charge in [0.05, 0.1) is 5.69 Å². The van der Waals surface area contributed by atoms with Gasteiger partial charge in [-0.1, -0.05) is 28.1 Å². The van der Waals surface area contributed by atoms with Gasteiger partial charge in [0.2, 0.25) is 0 Å². The molecule has 4 N–H and O–H groups in total.